The summed E-state index contributed by atoms with van der Waals surface area (Å²) in [5.74, 6) is 0. The van der Waals surface area contributed by atoms with Gasteiger partial charge in [0.05, 0.1) is 0 Å². The fourth-order valence-corrected chi connectivity index (χ4v) is 5.74. The summed E-state index contributed by atoms with van der Waals surface area (Å²) in [6, 6.07) is 2.28. The van der Waals surface area contributed by atoms with Gasteiger partial charge < -0.3 is 0 Å². The van der Waals surface area contributed by atoms with E-state index in [2.05, 4.69) is 67.5 Å². The molecule has 1 aromatic heterocycles. The topological polar surface area (TPSA) is 36.9 Å². The van der Waals surface area contributed by atoms with Crippen molar-refractivity contribution in [3.05, 3.63) is 21.5 Å². The normalized spacial score (nSPS) is 27.8. The Bertz CT molecular complexity index is 747. The summed E-state index contributed by atoms with van der Waals surface area (Å²) in [6.45, 7) is 16.8. The number of allylic oxidation sites excluding steroid dienone is 1. The summed E-state index contributed by atoms with van der Waals surface area (Å²) >= 11 is 0.238. The molecule has 2 fully saturated rings. The van der Waals surface area contributed by atoms with E-state index in [0.717, 1.165) is 6.42 Å². The van der Waals surface area contributed by atoms with Gasteiger partial charge >= 0.3 is 164 Å². The molecule has 0 N–H and O–H groups in total. The van der Waals surface area contributed by atoms with Gasteiger partial charge in [-0.25, -0.2) is 0 Å². The van der Waals surface area contributed by atoms with Crippen LogP contribution in [0.2, 0.25) is 0 Å². The first kappa shape index (κ1) is 19.0. The zero-order chi connectivity index (χ0) is 19.1. The maximum atomic E-state index is 6.22. The Kier molecular flexibility index (Phi) is 4.12. The summed E-state index contributed by atoms with van der Waals surface area (Å²) in [5.41, 5.74) is 1.45. The van der Waals surface area contributed by atoms with Crippen LogP contribution in [0.5, 0.6) is 0 Å². The summed E-state index contributed by atoms with van der Waals surface area (Å²) in [5, 5.41) is 0. The van der Waals surface area contributed by atoms with E-state index in [0.29, 0.717) is 0 Å². The van der Waals surface area contributed by atoms with Gasteiger partial charge in [0, 0.05) is 0 Å². The Morgan fingerprint density at radius 1 is 0.769 bits per heavy atom. The van der Waals surface area contributed by atoms with E-state index in [4.69, 9.17) is 18.6 Å². The van der Waals surface area contributed by atoms with Crippen LogP contribution in [0, 0.1) is 0 Å². The molecule has 26 heavy (non-hydrogen) atoms. The average Bonchev–Trinajstić information content (AvgIpc) is 3.11. The van der Waals surface area contributed by atoms with E-state index in [-0.39, 0.29) is 51.1 Å². The van der Waals surface area contributed by atoms with Crippen LogP contribution in [-0.2, 0) is 25.0 Å². The van der Waals surface area contributed by atoms with Crippen molar-refractivity contribution in [3.63, 3.8) is 0 Å². The Morgan fingerprint density at radius 2 is 1.23 bits per heavy atom. The Hall–Kier alpha value is -0.291. The summed E-state index contributed by atoms with van der Waals surface area (Å²) < 4.78 is 27.6. The molecule has 0 amide bonds. The molecule has 0 aromatic carbocycles. The molecule has 140 valence electrons. The van der Waals surface area contributed by atoms with Crippen LogP contribution in [0.3, 0.4) is 0 Å². The monoisotopic (exact) mass is 422 g/mol. The predicted octanol–water partition coefficient (Wildman–Crippen LogP) is 2.61. The van der Waals surface area contributed by atoms with Gasteiger partial charge in [0.15, 0.2) is 0 Å². The molecule has 2 aliphatic heterocycles. The van der Waals surface area contributed by atoms with Crippen molar-refractivity contribution in [2.45, 2.75) is 84.2 Å². The maximum absolute atomic E-state index is 6.22. The molecule has 3 heterocycles. The van der Waals surface area contributed by atoms with Crippen molar-refractivity contribution in [1.82, 2.24) is 0 Å². The first-order valence-electron chi connectivity index (χ1n) is 9.36. The number of hydrogen-bond acceptors (Lipinski definition) is 4. The van der Waals surface area contributed by atoms with E-state index in [9.17, 15) is 0 Å². The van der Waals surface area contributed by atoms with Crippen LogP contribution in [0.4, 0.5) is 0 Å². The van der Waals surface area contributed by atoms with E-state index in [1.54, 1.807) is 0 Å². The molecule has 0 atom stereocenters. The SMILES string of the molecule is CC1(C)OB(C2=Cc3[se]c(B4OC(C)(C)C(C)(C)O4)cc3C2)OC1(C)C. The van der Waals surface area contributed by atoms with Gasteiger partial charge in [0.1, 0.15) is 0 Å². The van der Waals surface area contributed by atoms with E-state index in [1.807, 2.05) is 0 Å². The van der Waals surface area contributed by atoms with Crippen LogP contribution >= 0.6 is 0 Å². The van der Waals surface area contributed by atoms with Crippen molar-refractivity contribution in [2.75, 3.05) is 0 Å². The summed E-state index contributed by atoms with van der Waals surface area (Å²) in [7, 11) is -0.464. The van der Waals surface area contributed by atoms with Gasteiger partial charge in [0.2, 0.25) is 0 Å². The van der Waals surface area contributed by atoms with Gasteiger partial charge in [-0.1, -0.05) is 0 Å². The Balaban J connectivity index is 1.53. The van der Waals surface area contributed by atoms with Crippen LogP contribution in [0.1, 0.15) is 65.4 Å². The van der Waals surface area contributed by atoms with Crippen molar-refractivity contribution in [2.24, 2.45) is 0 Å². The van der Waals surface area contributed by atoms with E-state index >= 15 is 0 Å². The first-order valence-corrected chi connectivity index (χ1v) is 11.1. The number of rotatable bonds is 2. The molecule has 4 rings (SSSR count). The standard InChI is InChI=1S/C19H28B2O4Se/c1-16(2)17(3,4)23-20(22-16)13-9-12-10-15(26-14(12)11-13)21-24-18(5,6)19(7,8)25-21/h10-11H,9H2,1-8H3. The van der Waals surface area contributed by atoms with Crippen molar-refractivity contribution >= 4 is 39.2 Å². The molecular formula is C19H28B2O4Se. The Morgan fingerprint density at radius 3 is 1.69 bits per heavy atom. The fraction of sp³-hybridized carbons (Fsp3) is 0.684. The van der Waals surface area contributed by atoms with Crippen LogP contribution in [0.15, 0.2) is 11.5 Å². The summed E-state index contributed by atoms with van der Waals surface area (Å²) in [6.07, 6.45) is 3.18. The van der Waals surface area contributed by atoms with Gasteiger partial charge in [-0.15, -0.1) is 0 Å². The quantitative estimate of drug-likeness (QED) is 0.689. The Labute approximate surface area is 163 Å². The molecule has 3 aliphatic rings. The van der Waals surface area contributed by atoms with Crippen LogP contribution < -0.4 is 4.34 Å². The fourth-order valence-electron chi connectivity index (χ4n) is 3.39. The van der Waals surface area contributed by atoms with Gasteiger partial charge in [-0.3, -0.25) is 0 Å². The molecule has 2 saturated heterocycles. The van der Waals surface area contributed by atoms with Gasteiger partial charge in [-0.05, 0) is 0 Å². The average molecular weight is 421 g/mol. The third-order valence-electron chi connectivity index (χ3n) is 6.61. The van der Waals surface area contributed by atoms with Crippen LogP contribution in [0.25, 0.3) is 6.08 Å². The van der Waals surface area contributed by atoms with Crippen LogP contribution in [-0.4, -0.2) is 51.1 Å². The van der Waals surface area contributed by atoms with Gasteiger partial charge in [0.25, 0.3) is 0 Å². The second-order valence-corrected chi connectivity index (χ2v) is 12.0. The molecule has 4 nitrogen and oxygen atoms in total. The molecule has 7 heteroatoms. The molecule has 1 aliphatic carbocycles. The number of fused-ring (bicyclic) bond motifs is 1. The van der Waals surface area contributed by atoms with Crippen molar-refractivity contribution in [3.8, 4) is 0 Å². The van der Waals surface area contributed by atoms with E-state index < -0.39 is 0 Å². The molecule has 0 spiro atoms. The molecule has 1 aromatic rings. The second-order valence-electron chi connectivity index (χ2n) is 9.61. The third kappa shape index (κ3) is 2.83. The number of hydrogen-bond donors (Lipinski definition) is 0. The second kappa shape index (κ2) is 5.62. The zero-order valence-electron chi connectivity index (χ0n) is 17.1. The summed E-state index contributed by atoms with van der Waals surface area (Å²) in [4.78, 5) is 0. The minimum atomic E-state index is -0.291. The molecule has 0 unspecified atom stereocenters. The molecule has 0 bridgehead atoms. The van der Waals surface area contributed by atoms with Gasteiger partial charge in [-0.2, -0.15) is 0 Å². The molecular weight excluding hydrogens is 393 g/mol. The third-order valence-corrected chi connectivity index (χ3v) is 9.02. The zero-order valence-corrected chi connectivity index (χ0v) is 18.8. The molecule has 0 saturated carbocycles. The van der Waals surface area contributed by atoms with Crippen molar-refractivity contribution < 1.29 is 18.6 Å². The first-order chi connectivity index (χ1) is 11.8. The predicted molar refractivity (Wildman–Crippen MR) is 107 cm³/mol. The van der Waals surface area contributed by atoms with Crippen molar-refractivity contribution in [1.29, 1.82) is 0 Å². The van der Waals surface area contributed by atoms with E-state index in [1.165, 1.54) is 19.8 Å². The minimum absolute atomic E-state index is 0.223. The molecule has 0 radical (unpaired) electrons.